The highest BCUT2D eigenvalue weighted by Gasteiger charge is 2.42. The summed E-state index contributed by atoms with van der Waals surface area (Å²) in [6.07, 6.45) is 9.16. The minimum atomic E-state index is 0.0643. The topological polar surface area (TPSA) is 30.3 Å². The van der Waals surface area contributed by atoms with Crippen LogP contribution < -0.4 is 4.74 Å². The SMILES string of the molecule is c1cn(-c2ccc(O[C@@]34CCCN(CC3)C4)cc2)cn1. The number of fused-ring (bicyclic) bond motifs is 2. The zero-order chi connectivity index (χ0) is 13.4. The van der Waals surface area contributed by atoms with Crippen LogP contribution in [0.2, 0.25) is 0 Å². The number of imidazole rings is 1. The first-order chi connectivity index (χ1) is 9.83. The van der Waals surface area contributed by atoms with Crippen LogP contribution in [0.5, 0.6) is 5.75 Å². The van der Waals surface area contributed by atoms with Crippen LogP contribution in [0.3, 0.4) is 0 Å². The van der Waals surface area contributed by atoms with Crippen molar-refractivity contribution in [3.63, 3.8) is 0 Å². The summed E-state index contributed by atoms with van der Waals surface area (Å²) in [7, 11) is 0. The first-order valence-electron chi connectivity index (χ1n) is 7.33. The zero-order valence-corrected chi connectivity index (χ0v) is 11.5. The first-order valence-corrected chi connectivity index (χ1v) is 7.33. The molecule has 0 radical (unpaired) electrons. The van der Waals surface area contributed by atoms with Crippen LogP contribution in [0, 0.1) is 0 Å². The molecular formula is C16H19N3O. The van der Waals surface area contributed by atoms with Gasteiger partial charge in [0.15, 0.2) is 0 Å². The van der Waals surface area contributed by atoms with Gasteiger partial charge in [0.2, 0.25) is 0 Å². The Morgan fingerprint density at radius 1 is 1.10 bits per heavy atom. The lowest BCUT2D eigenvalue weighted by molar-refractivity contribution is 0.0453. The van der Waals surface area contributed by atoms with Gasteiger partial charge in [0.25, 0.3) is 0 Å². The van der Waals surface area contributed by atoms with Crippen molar-refractivity contribution in [2.45, 2.75) is 24.9 Å². The summed E-state index contributed by atoms with van der Waals surface area (Å²) < 4.78 is 8.34. The second-order valence-electron chi connectivity index (χ2n) is 5.88. The highest BCUT2D eigenvalue weighted by atomic mass is 16.5. The van der Waals surface area contributed by atoms with Gasteiger partial charge < -0.3 is 9.30 Å². The predicted molar refractivity (Wildman–Crippen MR) is 77.2 cm³/mol. The minimum Gasteiger partial charge on any atom is -0.486 e. The van der Waals surface area contributed by atoms with Crippen LogP contribution in [0.25, 0.3) is 5.69 Å². The third-order valence-electron chi connectivity index (χ3n) is 4.48. The molecule has 1 unspecified atom stereocenters. The molecule has 1 aromatic heterocycles. The maximum absolute atomic E-state index is 6.34. The third-order valence-corrected chi connectivity index (χ3v) is 4.48. The lowest BCUT2D eigenvalue weighted by atomic mass is 9.94. The van der Waals surface area contributed by atoms with E-state index < -0.39 is 0 Å². The normalized spacial score (nSPS) is 28.5. The van der Waals surface area contributed by atoms with Crippen molar-refractivity contribution in [1.29, 1.82) is 0 Å². The fraction of sp³-hybridized carbons (Fsp3) is 0.438. The van der Waals surface area contributed by atoms with Crippen molar-refractivity contribution in [1.82, 2.24) is 14.5 Å². The summed E-state index contributed by atoms with van der Waals surface area (Å²) in [4.78, 5) is 6.59. The van der Waals surface area contributed by atoms with Crippen LogP contribution >= 0.6 is 0 Å². The molecule has 0 aliphatic carbocycles. The standard InChI is InChI=1S/C16H19N3O/c1-6-16(7-10-18(9-1)12-16)20-15-4-2-14(3-5-15)19-11-8-17-13-19/h2-5,8,11,13H,1,6-7,9-10,12H2/t16-/m0/s1. The van der Waals surface area contributed by atoms with E-state index >= 15 is 0 Å². The van der Waals surface area contributed by atoms with Gasteiger partial charge in [0.05, 0.1) is 6.33 Å². The smallest absolute Gasteiger partial charge is 0.123 e. The third kappa shape index (κ3) is 2.10. The highest BCUT2D eigenvalue weighted by molar-refractivity contribution is 5.37. The average Bonchev–Trinajstić information content (AvgIpc) is 3.09. The molecule has 0 spiro atoms. The lowest BCUT2D eigenvalue weighted by Gasteiger charge is -2.34. The summed E-state index contributed by atoms with van der Waals surface area (Å²) in [6.45, 7) is 3.52. The Kier molecular flexibility index (Phi) is 2.77. The molecule has 2 aliphatic rings. The van der Waals surface area contributed by atoms with Crippen LogP contribution in [-0.4, -0.2) is 39.7 Å². The number of benzene rings is 1. The van der Waals surface area contributed by atoms with Gasteiger partial charge in [-0.1, -0.05) is 0 Å². The summed E-state index contributed by atoms with van der Waals surface area (Å²) in [5.74, 6) is 0.984. The van der Waals surface area contributed by atoms with Gasteiger partial charge in [-0.3, -0.25) is 4.90 Å². The summed E-state index contributed by atoms with van der Waals surface area (Å²) in [5, 5.41) is 0. The van der Waals surface area contributed by atoms with E-state index in [9.17, 15) is 0 Å². The molecule has 20 heavy (non-hydrogen) atoms. The fourth-order valence-corrected chi connectivity index (χ4v) is 3.43. The fourth-order valence-electron chi connectivity index (χ4n) is 3.43. The Bertz CT molecular complexity index is 574. The first kappa shape index (κ1) is 12.0. The number of rotatable bonds is 3. The average molecular weight is 269 g/mol. The van der Waals surface area contributed by atoms with Gasteiger partial charge in [-0.25, -0.2) is 4.98 Å². The van der Waals surface area contributed by atoms with Gasteiger partial charge in [-0.05, 0) is 43.7 Å². The van der Waals surface area contributed by atoms with Gasteiger partial charge in [-0.2, -0.15) is 0 Å². The van der Waals surface area contributed by atoms with Crippen molar-refractivity contribution in [3.8, 4) is 11.4 Å². The Hall–Kier alpha value is -1.81. The molecule has 2 aromatic rings. The summed E-state index contributed by atoms with van der Waals surface area (Å²) in [5.41, 5.74) is 1.18. The Morgan fingerprint density at radius 3 is 2.80 bits per heavy atom. The highest BCUT2D eigenvalue weighted by Crippen LogP contribution is 2.35. The molecule has 4 rings (SSSR count). The quantitative estimate of drug-likeness (QED) is 0.857. The minimum absolute atomic E-state index is 0.0643. The van der Waals surface area contributed by atoms with Crippen molar-refractivity contribution in [2.75, 3.05) is 19.6 Å². The van der Waals surface area contributed by atoms with Crippen LogP contribution in [0.4, 0.5) is 0 Å². The molecule has 1 aromatic carbocycles. The molecular weight excluding hydrogens is 250 g/mol. The van der Waals surface area contributed by atoms with Gasteiger partial charge >= 0.3 is 0 Å². The molecule has 0 N–H and O–H groups in total. The second kappa shape index (κ2) is 4.63. The monoisotopic (exact) mass is 269 g/mol. The van der Waals surface area contributed by atoms with Crippen molar-refractivity contribution >= 4 is 0 Å². The van der Waals surface area contributed by atoms with Crippen molar-refractivity contribution in [3.05, 3.63) is 43.0 Å². The number of nitrogens with zero attached hydrogens (tertiary/aromatic N) is 3. The molecule has 3 heterocycles. The van der Waals surface area contributed by atoms with Crippen molar-refractivity contribution < 1.29 is 4.74 Å². The number of piperidine rings is 1. The van der Waals surface area contributed by atoms with Gasteiger partial charge in [0, 0.05) is 37.6 Å². The molecule has 2 aliphatic heterocycles. The van der Waals surface area contributed by atoms with E-state index in [0.29, 0.717) is 0 Å². The Labute approximate surface area is 119 Å². The van der Waals surface area contributed by atoms with E-state index in [2.05, 4.69) is 34.1 Å². The van der Waals surface area contributed by atoms with E-state index in [1.54, 1.807) is 6.20 Å². The van der Waals surface area contributed by atoms with E-state index in [1.165, 1.54) is 25.9 Å². The van der Waals surface area contributed by atoms with E-state index in [1.807, 2.05) is 17.1 Å². The summed E-state index contributed by atoms with van der Waals surface area (Å²) in [6, 6.07) is 8.31. The predicted octanol–water partition coefficient (Wildman–Crippen LogP) is 2.49. The molecule has 2 saturated heterocycles. The number of ether oxygens (including phenoxy) is 1. The second-order valence-corrected chi connectivity index (χ2v) is 5.88. The number of hydrogen-bond acceptors (Lipinski definition) is 3. The molecule has 0 saturated carbocycles. The van der Waals surface area contributed by atoms with E-state index in [-0.39, 0.29) is 5.60 Å². The van der Waals surface area contributed by atoms with Crippen molar-refractivity contribution in [2.24, 2.45) is 0 Å². The Balaban J connectivity index is 1.52. The zero-order valence-electron chi connectivity index (χ0n) is 11.5. The molecule has 4 nitrogen and oxygen atoms in total. The van der Waals surface area contributed by atoms with Gasteiger partial charge in [-0.15, -0.1) is 0 Å². The van der Waals surface area contributed by atoms with Crippen LogP contribution in [0.15, 0.2) is 43.0 Å². The molecule has 104 valence electrons. The Morgan fingerprint density at radius 2 is 2.00 bits per heavy atom. The molecule has 2 fully saturated rings. The summed E-state index contributed by atoms with van der Waals surface area (Å²) >= 11 is 0. The number of aromatic nitrogens is 2. The lowest BCUT2D eigenvalue weighted by Crippen LogP contribution is -2.43. The largest absolute Gasteiger partial charge is 0.486 e. The molecule has 2 bridgehead atoms. The van der Waals surface area contributed by atoms with Crippen LogP contribution in [0.1, 0.15) is 19.3 Å². The molecule has 2 atom stereocenters. The maximum atomic E-state index is 6.34. The molecule has 0 amide bonds. The number of hydrogen-bond donors (Lipinski definition) is 0. The molecule has 4 heteroatoms. The van der Waals surface area contributed by atoms with Crippen LogP contribution in [-0.2, 0) is 0 Å². The van der Waals surface area contributed by atoms with E-state index in [0.717, 1.165) is 24.4 Å². The van der Waals surface area contributed by atoms with E-state index in [4.69, 9.17) is 4.74 Å². The van der Waals surface area contributed by atoms with Gasteiger partial charge in [0.1, 0.15) is 11.4 Å². The maximum Gasteiger partial charge on any atom is 0.123 e.